The predicted molar refractivity (Wildman–Crippen MR) is 78.8 cm³/mol. The van der Waals surface area contributed by atoms with Crippen molar-refractivity contribution in [1.82, 2.24) is 4.90 Å². The molecule has 1 heterocycles. The van der Waals surface area contributed by atoms with Gasteiger partial charge < -0.3 is 15.4 Å². The van der Waals surface area contributed by atoms with Crippen molar-refractivity contribution in [3.8, 4) is 5.75 Å². The summed E-state index contributed by atoms with van der Waals surface area (Å²) in [6.07, 6.45) is 6.09. The molecule has 1 aromatic carbocycles. The highest BCUT2D eigenvalue weighted by molar-refractivity contribution is 5.98. The van der Waals surface area contributed by atoms with E-state index in [1.54, 1.807) is 25.3 Å². The Morgan fingerprint density at radius 1 is 1.30 bits per heavy atom. The topological polar surface area (TPSA) is 55.6 Å². The summed E-state index contributed by atoms with van der Waals surface area (Å²) in [5.41, 5.74) is 7.03. The van der Waals surface area contributed by atoms with Gasteiger partial charge in [-0.15, -0.1) is 0 Å². The molecule has 2 unspecified atom stereocenters. The normalized spacial score (nSPS) is 25.4. The van der Waals surface area contributed by atoms with Crippen molar-refractivity contribution in [2.75, 3.05) is 19.4 Å². The molecule has 2 aliphatic rings. The van der Waals surface area contributed by atoms with E-state index in [1.807, 2.05) is 4.90 Å². The summed E-state index contributed by atoms with van der Waals surface area (Å²) in [5.74, 6) is 1.38. The summed E-state index contributed by atoms with van der Waals surface area (Å²) >= 11 is 0. The molecule has 3 rings (SSSR count). The van der Waals surface area contributed by atoms with Crippen LogP contribution >= 0.6 is 0 Å². The van der Waals surface area contributed by atoms with Crippen LogP contribution in [0.25, 0.3) is 0 Å². The highest BCUT2D eigenvalue weighted by Gasteiger charge is 2.39. The third-order valence-electron chi connectivity index (χ3n) is 4.72. The third kappa shape index (κ3) is 2.23. The van der Waals surface area contributed by atoms with Crippen LogP contribution in [0, 0.1) is 5.92 Å². The standard InChI is InChI=1S/C16H22N2O2/c1-20-15-7-6-12(17)10-13(15)16(19)18-9-8-11-4-2-3-5-14(11)18/h6-7,10-11,14H,2-5,8-9,17H2,1H3. The number of rotatable bonds is 2. The number of likely N-dealkylation sites (tertiary alicyclic amines) is 1. The predicted octanol–water partition coefficient (Wildman–Crippen LogP) is 2.68. The summed E-state index contributed by atoms with van der Waals surface area (Å²) in [6, 6.07) is 5.69. The van der Waals surface area contributed by atoms with Crippen LogP contribution in [0.5, 0.6) is 5.75 Å². The fourth-order valence-electron chi connectivity index (χ4n) is 3.71. The van der Waals surface area contributed by atoms with Crippen LogP contribution in [0.2, 0.25) is 0 Å². The lowest BCUT2D eigenvalue weighted by molar-refractivity contribution is 0.0687. The van der Waals surface area contributed by atoms with Crippen LogP contribution in [-0.4, -0.2) is 30.5 Å². The number of methoxy groups -OCH3 is 1. The summed E-state index contributed by atoms with van der Waals surface area (Å²) in [6.45, 7) is 0.867. The molecule has 4 nitrogen and oxygen atoms in total. The molecule has 1 saturated carbocycles. The van der Waals surface area contributed by atoms with Gasteiger partial charge in [0, 0.05) is 18.3 Å². The molecule has 1 amide bonds. The molecule has 2 fully saturated rings. The van der Waals surface area contributed by atoms with Crippen molar-refractivity contribution < 1.29 is 9.53 Å². The van der Waals surface area contributed by atoms with Crippen molar-refractivity contribution in [2.24, 2.45) is 5.92 Å². The van der Waals surface area contributed by atoms with Crippen LogP contribution in [0.15, 0.2) is 18.2 Å². The van der Waals surface area contributed by atoms with E-state index in [2.05, 4.69) is 0 Å². The molecule has 0 aromatic heterocycles. The number of hydrogen-bond acceptors (Lipinski definition) is 3. The van der Waals surface area contributed by atoms with Gasteiger partial charge in [-0.3, -0.25) is 4.79 Å². The Balaban J connectivity index is 1.87. The zero-order valence-corrected chi connectivity index (χ0v) is 12.0. The fourth-order valence-corrected chi connectivity index (χ4v) is 3.71. The molecule has 0 radical (unpaired) electrons. The number of anilines is 1. The lowest BCUT2D eigenvalue weighted by Crippen LogP contribution is -2.39. The maximum Gasteiger partial charge on any atom is 0.257 e. The minimum Gasteiger partial charge on any atom is -0.496 e. The quantitative estimate of drug-likeness (QED) is 0.844. The van der Waals surface area contributed by atoms with Gasteiger partial charge in [0.15, 0.2) is 0 Å². The van der Waals surface area contributed by atoms with Gasteiger partial charge in [0.2, 0.25) is 0 Å². The Kier molecular flexibility index (Phi) is 3.55. The van der Waals surface area contributed by atoms with Crippen molar-refractivity contribution in [3.63, 3.8) is 0 Å². The van der Waals surface area contributed by atoms with Crippen LogP contribution in [0.3, 0.4) is 0 Å². The molecule has 20 heavy (non-hydrogen) atoms. The number of amides is 1. The monoisotopic (exact) mass is 274 g/mol. The Morgan fingerprint density at radius 2 is 2.10 bits per heavy atom. The maximum absolute atomic E-state index is 12.8. The van der Waals surface area contributed by atoms with E-state index in [0.29, 0.717) is 29.0 Å². The Morgan fingerprint density at radius 3 is 2.90 bits per heavy atom. The zero-order chi connectivity index (χ0) is 14.1. The van der Waals surface area contributed by atoms with Gasteiger partial charge >= 0.3 is 0 Å². The van der Waals surface area contributed by atoms with Gasteiger partial charge in [0.05, 0.1) is 12.7 Å². The number of benzene rings is 1. The smallest absolute Gasteiger partial charge is 0.257 e. The number of hydrogen-bond donors (Lipinski definition) is 1. The van der Waals surface area contributed by atoms with Gasteiger partial charge in [-0.2, -0.15) is 0 Å². The summed E-state index contributed by atoms with van der Waals surface area (Å²) in [4.78, 5) is 14.9. The average molecular weight is 274 g/mol. The summed E-state index contributed by atoms with van der Waals surface area (Å²) in [7, 11) is 1.59. The van der Waals surface area contributed by atoms with E-state index in [-0.39, 0.29) is 5.91 Å². The Bertz CT molecular complexity index is 515. The van der Waals surface area contributed by atoms with E-state index in [4.69, 9.17) is 10.5 Å². The fraction of sp³-hybridized carbons (Fsp3) is 0.562. The molecule has 1 aliphatic heterocycles. The van der Waals surface area contributed by atoms with Crippen molar-refractivity contribution in [3.05, 3.63) is 23.8 Å². The minimum atomic E-state index is 0.0727. The third-order valence-corrected chi connectivity index (χ3v) is 4.72. The number of nitrogen functional groups attached to an aromatic ring is 1. The Hall–Kier alpha value is -1.71. The molecule has 2 atom stereocenters. The van der Waals surface area contributed by atoms with Crippen LogP contribution in [-0.2, 0) is 0 Å². The van der Waals surface area contributed by atoms with Gasteiger partial charge in [-0.05, 0) is 43.4 Å². The SMILES string of the molecule is COc1ccc(N)cc1C(=O)N1CCC2CCCCC21. The highest BCUT2D eigenvalue weighted by Crippen LogP contribution is 2.37. The first kappa shape index (κ1) is 13.3. The first-order valence-electron chi connectivity index (χ1n) is 7.45. The first-order chi connectivity index (χ1) is 9.70. The summed E-state index contributed by atoms with van der Waals surface area (Å²) < 4.78 is 5.31. The van der Waals surface area contributed by atoms with Crippen LogP contribution in [0.1, 0.15) is 42.5 Å². The molecule has 2 N–H and O–H groups in total. The molecule has 4 heteroatoms. The molecule has 0 spiro atoms. The number of nitrogens with two attached hydrogens (primary N) is 1. The zero-order valence-electron chi connectivity index (χ0n) is 12.0. The average Bonchev–Trinajstić information content (AvgIpc) is 2.90. The van der Waals surface area contributed by atoms with Gasteiger partial charge in [-0.1, -0.05) is 12.8 Å². The number of carbonyl (C=O) groups is 1. The molecule has 1 saturated heterocycles. The number of nitrogens with zero attached hydrogens (tertiary/aromatic N) is 1. The second kappa shape index (κ2) is 5.35. The van der Waals surface area contributed by atoms with Crippen molar-refractivity contribution in [2.45, 2.75) is 38.1 Å². The molecule has 0 bridgehead atoms. The van der Waals surface area contributed by atoms with Gasteiger partial charge in [0.1, 0.15) is 5.75 Å². The Labute approximate surface area is 119 Å². The van der Waals surface area contributed by atoms with E-state index >= 15 is 0 Å². The van der Waals surface area contributed by atoms with E-state index < -0.39 is 0 Å². The molecular formula is C16H22N2O2. The molecular weight excluding hydrogens is 252 g/mol. The molecule has 1 aliphatic carbocycles. The lowest BCUT2D eigenvalue weighted by Gasteiger charge is -2.32. The van der Waals surface area contributed by atoms with Crippen molar-refractivity contribution in [1.29, 1.82) is 0 Å². The molecule has 108 valence electrons. The van der Waals surface area contributed by atoms with Gasteiger partial charge in [-0.25, -0.2) is 0 Å². The second-order valence-corrected chi connectivity index (χ2v) is 5.86. The van der Waals surface area contributed by atoms with Crippen LogP contribution in [0.4, 0.5) is 5.69 Å². The van der Waals surface area contributed by atoms with E-state index in [1.165, 1.54) is 19.3 Å². The summed E-state index contributed by atoms with van der Waals surface area (Å²) in [5, 5.41) is 0. The molecule has 1 aromatic rings. The van der Waals surface area contributed by atoms with Crippen LogP contribution < -0.4 is 10.5 Å². The second-order valence-electron chi connectivity index (χ2n) is 5.86. The maximum atomic E-state index is 12.8. The highest BCUT2D eigenvalue weighted by atomic mass is 16.5. The largest absolute Gasteiger partial charge is 0.496 e. The number of fused-ring (bicyclic) bond motifs is 1. The number of carbonyl (C=O) groups excluding carboxylic acids is 1. The first-order valence-corrected chi connectivity index (χ1v) is 7.45. The lowest BCUT2D eigenvalue weighted by atomic mass is 9.85. The minimum absolute atomic E-state index is 0.0727. The van der Waals surface area contributed by atoms with Crippen molar-refractivity contribution >= 4 is 11.6 Å². The van der Waals surface area contributed by atoms with E-state index in [9.17, 15) is 4.79 Å². The number of ether oxygens (including phenoxy) is 1. The van der Waals surface area contributed by atoms with E-state index in [0.717, 1.165) is 19.4 Å². The van der Waals surface area contributed by atoms with Gasteiger partial charge in [0.25, 0.3) is 5.91 Å².